The maximum atomic E-state index is 11.8. The zero-order valence-electron chi connectivity index (χ0n) is 10.7. The second kappa shape index (κ2) is 3.48. The van der Waals surface area contributed by atoms with Crippen molar-refractivity contribution in [2.24, 2.45) is 0 Å². The number of esters is 1. The molecule has 1 aliphatic heterocycles. The van der Waals surface area contributed by atoms with Crippen molar-refractivity contribution in [3.8, 4) is 5.69 Å². The van der Waals surface area contributed by atoms with Gasteiger partial charge in [0.05, 0.1) is 12.8 Å². The minimum absolute atomic E-state index is 0.0805. The monoisotopic (exact) mass is 241 g/mol. The lowest BCUT2D eigenvalue weighted by Crippen LogP contribution is -2.15. The van der Waals surface area contributed by atoms with Gasteiger partial charge in [0.1, 0.15) is 5.69 Å². The molecule has 1 aliphatic rings. The third-order valence-electron chi connectivity index (χ3n) is 3.73. The van der Waals surface area contributed by atoms with Crippen LogP contribution in [-0.2, 0) is 10.2 Å². The summed E-state index contributed by atoms with van der Waals surface area (Å²) in [5.41, 5.74) is 3.95. The molecule has 92 valence electrons. The third kappa shape index (κ3) is 1.22. The van der Waals surface area contributed by atoms with E-state index >= 15 is 0 Å². The van der Waals surface area contributed by atoms with Crippen LogP contribution in [0.4, 0.5) is 0 Å². The molecular formula is C15H15NO2. The molecule has 1 aromatic carbocycles. The molecule has 3 rings (SSSR count). The second-order valence-corrected chi connectivity index (χ2v) is 5.07. The van der Waals surface area contributed by atoms with Gasteiger partial charge < -0.3 is 9.30 Å². The van der Waals surface area contributed by atoms with Gasteiger partial charge in [-0.2, -0.15) is 0 Å². The van der Waals surface area contributed by atoms with Crippen LogP contribution >= 0.6 is 0 Å². The smallest absolute Gasteiger partial charge is 0.355 e. The van der Waals surface area contributed by atoms with Crippen LogP contribution in [0.15, 0.2) is 36.4 Å². The van der Waals surface area contributed by atoms with E-state index in [2.05, 4.69) is 19.9 Å². The van der Waals surface area contributed by atoms with Gasteiger partial charge in [0.15, 0.2) is 0 Å². The van der Waals surface area contributed by atoms with E-state index in [0.717, 1.165) is 11.4 Å². The van der Waals surface area contributed by atoms with Gasteiger partial charge in [0.25, 0.3) is 0 Å². The molecule has 0 N–H and O–H groups in total. The lowest BCUT2D eigenvalue weighted by molar-refractivity contribution is 0.0591. The van der Waals surface area contributed by atoms with Gasteiger partial charge in [-0.15, -0.1) is 0 Å². The van der Waals surface area contributed by atoms with Crippen molar-refractivity contribution < 1.29 is 9.53 Å². The fraction of sp³-hybridized carbons (Fsp3) is 0.267. The van der Waals surface area contributed by atoms with E-state index in [0.29, 0.717) is 5.69 Å². The molecule has 0 radical (unpaired) electrons. The molecule has 0 atom stereocenters. The Morgan fingerprint density at radius 2 is 1.89 bits per heavy atom. The quantitative estimate of drug-likeness (QED) is 0.719. The highest BCUT2D eigenvalue weighted by molar-refractivity contribution is 5.89. The lowest BCUT2D eigenvalue weighted by Gasteiger charge is -2.18. The van der Waals surface area contributed by atoms with Crippen molar-refractivity contribution in [1.29, 1.82) is 0 Å². The predicted octanol–water partition coefficient (Wildman–Crippen LogP) is 2.90. The zero-order chi connectivity index (χ0) is 12.9. The van der Waals surface area contributed by atoms with Crippen LogP contribution in [0.3, 0.4) is 0 Å². The maximum Gasteiger partial charge on any atom is 0.355 e. The summed E-state index contributed by atoms with van der Waals surface area (Å²) in [5, 5.41) is 0. The van der Waals surface area contributed by atoms with E-state index < -0.39 is 0 Å². The fourth-order valence-electron chi connectivity index (χ4n) is 2.78. The van der Waals surface area contributed by atoms with Gasteiger partial charge in [0.2, 0.25) is 0 Å². The topological polar surface area (TPSA) is 31.2 Å². The largest absolute Gasteiger partial charge is 0.464 e. The average molecular weight is 241 g/mol. The number of benzene rings is 1. The number of carbonyl (C=O) groups is 1. The normalized spacial score (nSPS) is 15.1. The number of aromatic nitrogens is 1. The molecule has 0 spiro atoms. The number of rotatable bonds is 1. The van der Waals surface area contributed by atoms with Crippen molar-refractivity contribution >= 4 is 5.97 Å². The minimum atomic E-state index is -0.297. The molecule has 2 heterocycles. The highest BCUT2D eigenvalue weighted by atomic mass is 16.5. The standard InChI is InChI=1S/C15H15NO2/c1-15(2)10-6-4-5-7-11(10)16-12(14(17)18-3)8-9-13(15)16/h4-9H,1-3H3. The number of carbonyl (C=O) groups excluding carboxylic acids is 1. The van der Waals surface area contributed by atoms with Crippen LogP contribution in [0.25, 0.3) is 5.69 Å². The number of ether oxygens (including phenoxy) is 1. The van der Waals surface area contributed by atoms with E-state index in [1.165, 1.54) is 12.7 Å². The third-order valence-corrected chi connectivity index (χ3v) is 3.73. The van der Waals surface area contributed by atoms with Crippen molar-refractivity contribution in [2.45, 2.75) is 19.3 Å². The van der Waals surface area contributed by atoms with Gasteiger partial charge >= 0.3 is 5.97 Å². The first kappa shape index (κ1) is 11.1. The molecule has 1 aromatic heterocycles. The number of fused-ring (bicyclic) bond motifs is 3. The van der Waals surface area contributed by atoms with Gasteiger partial charge in [-0.25, -0.2) is 4.79 Å². The highest BCUT2D eigenvalue weighted by Crippen LogP contribution is 2.43. The summed E-state index contributed by atoms with van der Waals surface area (Å²) >= 11 is 0. The Bertz CT molecular complexity index is 638. The first-order chi connectivity index (χ1) is 8.57. The van der Waals surface area contributed by atoms with Crippen LogP contribution in [-0.4, -0.2) is 17.6 Å². The van der Waals surface area contributed by atoms with E-state index in [4.69, 9.17) is 4.74 Å². The predicted molar refractivity (Wildman–Crippen MR) is 69.2 cm³/mol. The lowest BCUT2D eigenvalue weighted by atomic mass is 9.83. The SMILES string of the molecule is COC(=O)c1ccc2n1-c1ccccc1C2(C)C. The van der Waals surface area contributed by atoms with Crippen LogP contribution in [0.2, 0.25) is 0 Å². The summed E-state index contributed by atoms with van der Waals surface area (Å²) < 4.78 is 6.84. The summed E-state index contributed by atoms with van der Waals surface area (Å²) in [6, 6.07) is 12.0. The molecule has 18 heavy (non-hydrogen) atoms. The number of para-hydroxylation sites is 1. The van der Waals surface area contributed by atoms with Gasteiger partial charge in [-0.1, -0.05) is 32.0 Å². The van der Waals surface area contributed by atoms with Crippen molar-refractivity contribution in [3.63, 3.8) is 0 Å². The molecule has 0 unspecified atom stereocenters. The Hall–Kier alpha value is -2.03. The number of methoxy groups -OCH3 is 1. The maximum absolute atomic E-state index is 11.8. The molecule has 0 saturated carbocycles. The van der Waals surface area contributed by atoms with Crippen LogP contribution < -0.4 is 0 Å². The summed E-state index contributed by atoms with van der Waals surface area (Å²) in [6.07, 6.45) is 0. The number of hydrogen-bond acceptors (Lipinski definition) is 2. The Labute approximate surface area is 106 Å². The highest BCUT2D eigenvalue weighted by Gasteiger charge is 2.37. The summed E-state index contributed by atoms with van der Waals surface area (Å²) in [6.45, 7) is 4.34. The van der Waals surface area contributed by atoms with Crippen LogP contribution in [0.1, 0.15) is 35.6 Å². The molecule has 3 nitrogen and oxygen atoms in total. The summed E-state index contributed by atoms with van der Waals surface area (Å²) in [7, 11) is 1.41. The zero-order valence-corrected chi connectivity index (χ0v) is 10.7. The Kier molecular flexibility index (Phi) is 2.14. The molecule has 0 bridgehead atoms. The van der Waals surface area contributed by atoms with E-state index in [1.807, 2.05) is 34.9 Å². The van der Waals surface area contributed by atoms with Crippen molar-refractivity contribution in [2.75, 3.05) is 7.11 Å². The average Bonchev–Trinajstić information content (AvgIpc) is 2.90. The van der Waals surface area contributed by atoms with Gasteiger partial charge in [-0.3, -0.25) is 0 Å². The summed E-state index contributed by atoms with van der Waals surface area (Å²) in [5.74, 6) is -0.297. The van der Waals surface area contributed by atoms with Crippen LogP contribution in [0.5, 0.6) is 0 Å². The molecule has 2 aromatic rings. The van der Waals surface area contributed by atoms with E-state index in [1.54, 1.807) is 0 Å². The molecule has 0 saturated heterocycles. The van der Waals surface area contributed by atoms with Crippen molar-refractivity contribution in [3.05, 3.63) is 53.3 Å². The Morgan fingerprint density at radius 1 is 1.17 bits per heavy atom. The number of hydrogen-bond donors (Lipinski definition) is 0. The van der Waals surface area contributed by atoms with E-state index in [9.17, 15) is 4.79 Å². The first-order valence-electron chi connectivity index (χ1n) is 5.98. The number of nitrogens with zero attached hydrogens (tertiary/aromatic N) is 1. The molecule has 3 heteroatoms. The molecule has 0 amide bonds. The second-order valence-electron chi connectivity index (χ2n) is 5.07. The molecule has 0 aliphatic carbocycles. The van der Waals surface area contributed by atoms with Crippen molar-refractivity contribution in [1.82, 2.24) is 4.57 Å². The minimum Gasteiger partial charge on any atom is -0.464 e. The summed E-state index contributed by atoms with van der Waals surface area (Å²) in [4.78, 5) is 11.8. The van der Waals surface area contributed by atoms with Crippen LogP contribution in [0, 0.1) is 0 Å². The Balaban J connectivity index is 2.32. The molecule has 0 fully saturated rings. The first-order valence-corrected chi connectivity index (χ1v) is 5.98. The van der Waals surface area contributed by atoms with E-state index in [-0.39, 0.29) is 11.4 Å². The fourth-order valence-corrected chi connectivity index (χ4v) is 2.78. The van der Waals surface area contributed by atoms with Gasteiger partial charge in [0, 0.05) is 11.1 Å². The van der Waals surface area contributed by atoms with Gasteiger partial charge in [-0.05, 0) is 23.8 Å². The Morgan fingerprint density at radius 3 is 2.61 bits per heavy atom. The molecular weight excluding hydrogens is 226 g/mol.